The molecule has 0 aromatic rings. The van der Waals surface area contributed by atoms with Crippen LogP contribution in [-0.2, 0) is 9.53 Å². The van der Waals surface area contributed by atoms with Crippen LogP contribution in [0, 0.1) is 5.92 Å². The van der Waals surface area contributed by atoms with Crippen molar-refractivity contribution in [1.82, 2.24) is 5.32 Å². The average Bonchev–Trinajstić information content (AvgIpc) is 2.32. The van der Waals surface area contributed by atoms with Crippen molar-refractivity contribution < 1.29 is 14.6 Å². The number of carbonyl (C=O) groups is 1. The fourth-order valence-electron chi connectivity index (χ4n) is 1.56. The molecule has 4 nitrogen and oxygen atoms in total. The monoisotopic (exact) mass is 263 g/mol. The summed E-state index contributed by atoms with van der Waals surface area (Å²) in [5.74, 6) is 1.81. The molecule has 0 fully saturated rings. The van der Waals surface area contributed by atoms with Gasteiger partial charge in [0.1, 0.15) is 0 Å². The summed E-state index contributed by atoms with van der Waals surface area (Å²) < 4.78 is 4.91. The number of methoxy groups -OCH3 is 1. The second-order valence-electron chi connectivity index (χ2n) is 4.02. The molecule has 1 amide bonds. The Morgan fingerprint density at radius 3 is 2.82 bits per heavy atom. The second-order valence-corrected chi connectivity index (χ2v) is 5.12. The molecule has 1 atom stereocenters. The minimum atomic E-state index is 0.0742. The van der Waals surface area contributed by atoms with Crippen molar-refractivity contribution in [3.05, 3.63) is 0 Å². The largest absolute Gasteiger partial charge is 0.396 e. The first kappa shape index (κ1) is 16.7. The molecule has 0 aliphatic rings. The second kappa shape index (κ2) is 12.2. The Morgan fingerprint density at radius 2 is 2.24 bits per heavy atom. The summed E-state index contributed by atoms with van der Waals surface area (Å²) in [5.41, 5.74) is 0. The maximum atomic E-state index is 11.5. The van der Waals surface area contributed by atoms with Crippen molar-refractivity contribution in [3.8, 4) is 0 Å². The van der Waals surface area contributed by atoms with Gasteiger partial charge in [0.25, 0.3) is 0 Å². The lowest BCUT2D eigenvalue weighted by atomic mass is 10.0. The number of thioether (sulfide) groups is 1. The van der Waals surface area contributed by atoms with Crippen LogP contribution in [0.25, 0.3) is 0 Å². The molecule has 1 unspecified atom stereocenters. The normalized spacial score (nSPS) is 12.4. The van der Waals surface area contributed by atoms with E-state index in [1.807, 2.05) is 0 Å². The predicted octanol–water partition coefficient (Wildman–Crippen LogP) is 1.28. The summed E-state index contributed by atoms with van der Waals surface area (Å²) >= 11 is 1.58. The van der Waals surface area contributed by atoms with Crippen molar-refractivity contribution in [1.29, 1.82) is 0 Å². The summed E-state index contributed by atoms with van der Waals surface area (Å²) in [6.07, 6.45) is 2.91. The van der Waals surface area contributed by atoms with Crippen LogP contribution in [0.2, 0.25) is 0 Å². The third kappa shape index (κ3) is 10.6. The van der Waals surface area contributed by atoms with E-state index in [0.29, 0.717) is 24.8 Å². The van der Waals surface area contributed by atoms with Crippen LogP contribution >= 0.6 is 11.8 Å². The number of hydrogen-bond donors (Lipinski definition) is 2. The van der Waals surface area contributed by atoms with Crippen molar-refractivity contribution >= 4 is 17.7 Å². The molecule has 5 heteroatoms. The topological polar surface area (TPSA) is 58.6 Å². The van der Waals surface area contributed by atoms with Crippen LogP contribution in [0.3, 0.4) is 0 Å². The van der Waals surface area contributed by atoms with Crippen molar-refractivity contribution in [2.24, 2.45) is 5.92 Å². The van der Waals surface area contributed by atoms with Crippen molar-refractivity contribution in [3.63, 3.8) is 0 Å². The Kier molecular flexibility index (Phi) is 12.0. The third-order valence-electron chi connectivity index (χ3n) is 2.49. The lowest BCUT2D eigenvalue weighted by molar-refractivity contribution is -0.118. The van der Waals surface area contributed by atoms with E-state index >= 15 is 0 Å². The van der Waals surface area contributed by atoms with E-state index in [4.69, 9.17) is 9.84 Å². The number of aliphatic hydroxyl groups excluding tert-OH is 1. The molecule has 0 bridgehead atoms. The van der Waals surface area contributed by atoms with E-state index < -0.39 is 0 Å². The maximum Gasteiger partial charge on any atom is 0.230 e. The van der Waals surface area contributed by atoms with E-state index in [1.54, 1.807) is 18.9 Å². The van der Waals surface area contributed by atoms with E-state index in [1.165, 1.54) is 0 Å². The number of ether oxygens (including phenoxy) is 1. The zero-order chi connectivity index (χ0) is 12.9. The molecule has 0 radical (unpaired) electrons. The molecule has 0 saturated carbocycles. The molecule has 0 aromatic heterocycles. The Bertz CT molecular complexity index is 185. The highest BCUT2D eigenvalue weighted by Gasteiger charge is 2.09. The van der Waals surface area contributed by atoms with Gasteiger partial charge in [0.15, 0.2) is 0 Å². The van der Waals surface area contributed by atoms with Crippen molar-refractivity contribution in [2.75, 3.05) is 38.4 Å². The van der Waals surface area contributed by atoms with Gasteiger partial charge >= 0.3 is 0 Å². The van der Waals surface area contributed by atoms with Gasteiger partial charge in [-0.05, 0) is 18.8 Å². The number of amides is 1. The number of aliphatic hydroxyl groups is 1. The number of nitrogens with one attached hydrogen (secondary N) is 1. The van der Waals surface area contributed by atoms with Gasteiger partial charge in [-0.2, -0.15) is 0 Å². The van der Waals surface area contributed by atoms with E-state index in [-0.39, 0.29) is 12.5 Å². The summed E-state index contributed by atoms with van der Waals surface area (Å²) in [4.78, 5) is 11.5. The Hall–Kier alpha value is -0.260. The minimum absolute atomic E-state index is 0.0742. The smallest absolute Gasteiger partial charge is 0.230 e. The quantitative estimate of drug-likeness (QED) is 0.551. The minimum Gasteiger partial charge on any atom is -0.396 e. The lowest BCUT2D eigenvalue weighted by Crippen LogP contribution is -2.31. The van der Waals surface area contributed by atoms with Gasteiger partial charge in [-0.3, -0.25) is 4.79 Å². The van der Waals surface area contributed by atoms with Crippen LogP contribution in [0.5, 0.6) is 0 Å². The molecule has 0 aliphatic carbocycles. The van der Waals surface area contributed by atoms with E-state index in [2.05, 4.69) is 12.2 Å². The molecule has 0 rings (SSSR count). The Morgan fingerprint density at radius 1 is 1.47 bits per heavy atom. The van der Waals surface area contributed by atoms with Gasteiger partial charge in [0, 0.05) is 26.0 Å². The van der Waals surface area contributed by atoms with E-state index in [9.17, 15) is 4.79 Å². The van der Waals surface area contributed by atoms with Crippen LogP contribution in [-0.4, -0.2) is 49.4 Å². The van der Waals surface area contributed by atoms with Crippen LogP contribution < -0.4 is 5.32 Å². The Balaban J connectivity index is 3.57. The first-order valence-electron chi connectivity index (χ1n) is 6.18. The highest BCUT2D eigenvalue weighted by molar-refractivity contribution is 7.99. The molecular formula is C12H25NO3S. The zero-order valence-electron chi connectivity index (χ0n) is 10.9. The zero-order valence-corrected chi connectivity index (χ0v) is 11.7. The first-order chi connectivity index (χ1) is 8.24. The van der Waals surface area contributed by atoms with Gasteiger partial charge in [0.05, 0.1) is 12.4 Å². The SMILES string of the molecule is CCCC(CCO)CNC(=O)CSCCOC. The molecule has 17 heavy (non-hydrogen) atoms. The van der Waals surface area contributed by atoms with Crippen molar-refractivity contribution in [2.45, 2.75) is 26.2 Å². The molecule has 0 heterocycles. The molecule has 0 aromatic carbocycles. The fourth-order valence-corrected chi connectivity index (χ4v) is 2.27. The molecule has 0 aliphatic heterocycles. The van der Waals surface area contributed by atoms with E-state index in [0.717, 1.165) is 25.0 Å². The number of carbonyl (C=O) groups excluding carboxylic acids is 1. The van der Waals surface area contributed by atoms with Gasteiger partial charge in [-0.15, -0.1) is 11.8 Å². The highest BCUT2D eigenvalue weighted by Crippen LogP contribution is 2.09. The predicted molar refractivity (Wildman–Crippen MR) is 72.3 cm³/mol. The molecule has 2 N–H and O–H groups in total. The third-order valence-corrected chi connectivity index (χ3v) is 3.41. The molecule has 102 valence electrons. The number of hydrogen-bond acceptors (Lipinski definition) is 4. The number of rotatable bonds is 11. The molecular weight excluding hydrogens is 238 g/mol. The fraction of sp³-hybridized carbons (Fsp3) is 0.917. The van der Waals surface area contributed by atoms with Gasteiger partial charge in [-0.25, -0.2) is 0 Å². The van der Waals surface area contributed by atoms with Gasteiger partial charge < -0.3 is 15.2 Å². The summed E-state index contributed by atoms with van der Waals surface area (Å²) in [7, 11) is 1.66. The van der Waals surface area contributed by atoms with Crippen LogP contribution in [0.4, 0.5) is 0 Å². The lowest BCUT2D eigenvalue weighted by Gasteiger charge is -2.15. The first-order valence-corrected chi connectivity index (χ1v) is 7.34. The summed E-state index contributed by atoms with van der Waals surface area (Å²) in [5, 5.41) is 11.8. The summed E-state index contributed by atoms with van der Waals surface area (Å²) in [6.45, 7) is 3.68. The average molecular weight is 263 g/mol. The van der Waals surface area contributed by atoms with Gasteiger partial charge in [-0.1, -0.05) is 13.3 Å². The standard InChI is InChI=1S/C12H25NO3S/c1-3-4-11(5-6-14)9-13-12(15)10-17-8-7-16-2/h11,14H,3-10H2,1-2H3,(H,13,15). The van der Waals surface area contributed by atoms with Crippen LogP contribution in [0.15, 0.2) is 0 Å². The van der Waals surface area contributed by atoms with Crippen LogP contribution in [0.1, 0.15) is 26.2 Å². The molecule has 0 spiro atoms. The van der Waals surface area contributed by atoms with Gasteiger partial charge in [0.2, 0.25) is 5.91 Å². The highest BCUT2D eigenvalue weighted by atomic mass is 32.2. The summed E-state index contributed by atoms with van der Waals surface area (Å²) in [6, 6.07) is 0. The Labute approximate surface area is 108 Å². The maximum absolute atomic E-state index is 11.5. The molecule has 0 saturated heterocycles.